The number of carbonyl (C=O) groups is 1. The maximum absolute atomic E-state index is 14.0. The van der Waals surface area contributed by atoms with Gasteiger partial charge in [-0.15, -0.1) is 0 Å². The lowest BCUT2D eigenvalue weighted by molar-refractivity contribution is -0.131. The number of benzene rings is 1. The average Bonchev–Trinajstić information content (AvgIpc) is 2.83. The first-order valence-corrected chi connectivity index (χ1v) is 8.86. The van der Waals surface area contributed by atoms with Crippen molar-refractivity contribution in [1.29, 1.82) is 0 Å². The summed E-state index contributed by atoms with van der Waals surface area (Å²) in [6, 6.07) is 9.72. The van der Waals surface area contributed by atoms with Gasteiger partial charge in [-0.3, -0.25) is 9.59 Å². The molecule has 3 rings (SSSR count). The third-order valence-electron chi connectivity index (χ3n) is 4.02. The molecule has 2 aromatic rings. The van der Waals surface area contributed by atoms with Gasteiger partial charge in [0, 0.05) is 41.9 Å². The van der Waals surface area contributed by atoms with E-state index < -0.39 is 0 Å². The summed E-state index contributed by atoms with van der Waals surface area (Å²) in [7, 11) is 0. The zero-order valence-corrected chi connectivity index (χ0v) is 13.9. The molecular weight excluding hydrogens is 329 g/mol. The lowest BCUT2D eigenvalue weighted by Crippen LogP contribution is -2.38. The van der Waals surface area contributed by atoms with Gasteiger partial charge in [-0.05, 0) is 18.6 Å². The Labute approximate surface area is 143 Å². The molecule has 1 unspecified atom stereocenters. The summed E-state index contributed by atoms with van der Waals surface area (Å²) >= 11 is 1.66. The third-order valence-corrected chi connectivity index (χ3v) is 5.33. The van der Waals surface area contributed by atoms with Crippen LogP contribution < -0.4 is 5.56 Å². The molecule has 0 spiro atoms. The fourth-order valence-electron chi connectivity index (χ4n) is 2.74. The molecule has 2 heterocycles. The van der Waals surface area contributed by atoms with Gasteiger partial charge in [0.25, 0.3) is 5.56 Å². The standard InChI is InChI=1S/C17H18FN3O2S/c18-14-5-2-1-4-13(14)15-7-9-20(10-11-24-15)17(23)12-21-16(22)6-3-8-19-21/h1-6,8,15H,7,9-12H2. The molecule has 24 heavy (non-hydrogen) atoms. The molecular formula is C17H18FN3O2S. The first-order valence-electron chi connectivity index (χ1n) is 7.81. The predicted molar refractivity (Wildman–Crippen MR) is 91.3 cm³/mol. The van der Waals surface area contributed by atoms with Crippen LogP contribution in [-0.2, 0) is 11.3 Å². The zero-order chi connectivity index (χ0) is 16.9. The molecule has 7 heteroatoms. The van der Waals surface area contributed by atoms with Gasteiger partial charge in [-0.1, -0.05) is 18.2 Å². The summed E-state index contributed by atoms with van der Waals surface area (Å²) in [6.07, 6.45) is 2.18. The molecule has 1 aliphatic heterocycles. The molecule has 0 N–H and O–H groups in total. The van der Waals surface area contributed by atoms with E-state index in [-0.39, 0.29) is 29.1 Å². The van der Waals surface area contributed by atoms with Crippen LogP contribution in [0.25, 0.3) is 0 Å². The summed E-state index contributed by atoms with van der Waals surface area (Å²) in [5.74, 6) is 0.405. The van der Waals surface area contributed by atoms with Gasteiger partial charge in [0.05, 0.1) is 0 Å². The van der Waals surface area contributed by atoms with Crippen LogP contribution in [-0.4, -0.2) is 39.4 Å². The van der Waals surface area contributed by atoms with Crippen molar-refractivity contribution in [3.8, 4) is 0 Å². The van der Waals surface area contributed by atoms with E-state index in [0.29, 0.717) is 25.1 Å². The van der Waals surface area contributed by atoms with Gasteiger partial charge in [0.1, 0.15) is 12.4 Å². The van der Waals surface area contributed by atoms with Crippen LogP contribution >= 0.6 is 11.8 Å². The fraction of sp³-hybridized carbons (Fsp3) is 0.353. The van der Waals surface area contributed by atoms with Crippen LogP contribution in [0.4, 0.5) is 4.39 Å². The number of amides is 1. The number of rotatable bonds is 3. The maximum Gasteiger partial charge on any atom is 0.267 e. The fourth-order valence-corrected chi connectivity index (χ4v) is 3.99. The van der Waals surface area contributed by atoms with Gasteiger partial charge in [0.15, 0.2) is 0 Å². The van der Waals surface area contributed by atoms with Gasteiger partial charge in [-0.2, -0.15) is 16.9 Å². The molecule has 5 nitrogen and oxygen atoms in total. The number of carbonyl (C=O) groups excluding carboxylic acids is 1. The number of halogens is 1. The zero-order valence-electron chi connectivity index (χ0n) is 13.1. The minimum atomic E-state index is -0.292. The molecule has 1 atom stereocenters. The van der Waals surface area contributed by atoms with E-state index >= 15 is 0 Å². The Bertz CT molecular complexity index is 780. The van der Waals surface area contributed by atoms with Crippen LogP contribution in [0.15, 0.2) is 47.4 Å². The van der Waals surface area contributed by atoms with Crippen LogP contribution in [0.2, 0.25) is 0 Å². The summed E-state index contributed by atoms with van der Waals surface area (Å²) in [6.45, 7) is 1.08. The number of aromatic nitrogens is 2. The maximum atomic E-state index is 14.0. The van der Waals surface area contributed by atoms with Gasteiger partial charge >= 0.3 is 0 Å². The molecule has 1 aromatic carbocycles. The quantitative estimate of drug-likeness (QED) is 0.853. The van der Waals surface area contributed by atoms with E-state index in [1.807, 2.05) is 6.07 Å². The molecule has 1 aliphatic rings. The van der Waals surface area contributed by atoms with Crippen molar-refractivity contribution in [3.63, 3.8) is 0 Å². The summed E-state index contributed by atoms with van der Waals surface area (Å²) in [4.78, 5) is 25.8. The number of nitrogens with zero attached hydrogens (tertiary/aromatic N) is 3. The van der Waals surface area contributed by atoms with Gasteiger partial charge in [0.2, 0.25) is 5.91 Å². The summed E-state index contributed by atoms with van der Waals surface area (Å²) < 4.78 is 15.1. The van der Waals surface area contributed by atoms with E-state index in [2.05, 4.69) is 5.10 Å². The highest BCUT2D eigenvalue weighted by Crippen LogP contribution is 2.35. The number of thioether (sulfide) groups is 1. The second-order valence-electron chi connectivity index (χ2n) is 5.57. The Morgan fingerprint density at radius 2 is 2.08 bits per heavy atom. The van der Waals surface area contributed by atoms with E-state index in [9.17, 15) is 14.0 Å². The molecule has 0 bridgehead atoms. The second kappa shape index (κ2) is 7.61. The SMILES string of the molecule is O=C(Cn1ncccc1=O)N1CCSC(c2ccccc2F)CC1. The van der Waals surface area contributed by atoms with Crippen molar-refractivity contribution >= 4 is 17.7 Å². The van der Waals surface area contributed by atoms with Crippen molar-refractivity contribution in [2.24, 2.45) is 0 Å². The minimum absolute atomic E-state index is 0.0431. The topological polar surface area (TPSA) is 55.2 Å². The predicted octanol–water partition coefficient (Wildman–Crippen LogP) is 2.09. The smallest absolute Gasteiger partial charge is 0.267 e. The molecule has 0 aliphatic carbocycles. The minimum Gasteiger partial charge on any atom is -0.340 e. The average molecular weight is 347 g/mol. The van der Waals surface area contributed by atoms with Crippen LogP contribution in [0.5, 0.6) is 0 Å². The van der Waals surface area contributed by atoms with Gasteiger partial charge in [-0.25, -0.2) is 9.07 Å². The third kappa shape index (κ3) is 3.84. The van der Waals surface area contributed by atoms with Crippen molar-refractivity contribution in [1.82, 2.24) is 14.7 Å². The van der Waals surface area contributed by atoms with E-state index in [0.717, 1.165) is 10.4 Å². The summed E-state index contributed by atoms with van der Waals surface area (Å²) in [5.41, 5.74) is 0.400. The largest absolute Gasteiger partial charge is 0.340 e. The molecule has 1 aromatic heterocycles. The van der Waals surface area contributed by atoms with Crippen molar-refractivity contribution in [2.75, 3.05) is 18.8 Å². The van der Waals surface area contributed by atoms with E-state index in [1.54, 1.807) is 34.9 Å². The van der Waals surface area contributed by atoms with Crippen LogP contribution in [0.3, 0.4) is 0 Å². The molecule has 1 amide bonds. The molecule has 126 valence electrons. The molecule has 1 saturated heterocycles. The lowest BCUT2D eigenvalue weighted by Gasteiger charge is -2.20. The molecule has 1 fully saturated rings. The van der Waals surface area contributed by atoms with Crippen LogP contribution in [0.1, 0.15) is 17.2 Å². The second-order valence-corrected chi connectivity index (χ2v) is 6.88. The van der Waals surface area contributed by atoms with Crippen LogP contribution in [0, 0.1) is 5.82 Å². The Morgan fingerprint density at radius 1 is 1.25 bits per heavy atom. The van der Waals surface area contributed by atoms with E-state index in [4.69, 9.17) is 0 Å². The van der Waals surface area contributed by atoms with Crippen molar-refractivity contribution in [2.45, 2.75) is 18.2 Å². The Kier molecular flexibility index (Phi) is 5.30. The number of hydrogen-bond donors (Lipinski definition) is 0. The van der Waals surface area contributed by atoms with Crippen molar-refractivity contribution < 1.29 is 9.18 Å². The normalized spacial score (nSPS) is 18.2. The highest BCUT2D eigenvalue weighted by molar-refractivity contribution is 7.99. The monoisotopic (exact) mass is 347 g/mol. The van der Waals surface area contributed by atoms with E-state index in [1.165, 1.54) is 18.3 Å². The Morgan fingerprint density at radius 3 is 2.88 bits per heavy atom. The first kappa shape index (κ1) is 16.7. The Balaban J connectivity index is 1.65. The number of hydrogen-bond acceptors (Lipinski definition) is 4. The molecule has 0 saturated carbocycles. The highest BCUT2D eigenvalue weighted by Gasteiger charge is 2.24. The first-order chi connectivity index (χ1) is 11.6. The summed E-state index contributed by atoms with van der Waals surface area (Å²) in [5, 5.41) is 3.96. The highest BCUT2D eigenvalue weighted by atomic mass is 32.2. The lowest BCUT2D eigenvalue weighted by atomic mass is 10.1. The van der Waals surface area contributed by atoms with Crippen molar-refractivity contribution in [3.05, 3.63) is 64.3 Å². The Hall–Kier alpha value is -2.15. The molecule has 0 radical (unpaired) electrons. The van der Waals surface area contributed by atoms with Gasteiger partial charge < -0.3 is 4.90 Å².